The first kappa shape index (κ1) is 15.0. The zero-order chi connectivity index (χ0) is 14.9. The Hall–Kier alpha value is -2.41. The van der Waals surface area contributed by atoms with Crippen molar-refractivity contribution in [1.29, 1.82) is 0 Å². The molecular weight excluding hydrogens is 286 g/mol. The highest BCUT2D eigenvalue weighted by atomic mass is 32.1. The summed E-state index contributed by atoms with van der Waals surface area (Å²) in [6.07, 6.45) is 3.26. The molecule has 6 nitrogen and oxygen atoms in total. The number of hydrogen-bond donors (Lipinski definition) is 3. The maximum absolute atomic E-state index is 11.8. The van der Waals surface area contributed by atoms with Crippen molar-refractivity contribution in [3.05, 3.63) is 46.9 Å². The van der Waals surface area contributed by atoms with Crippen LogP contribution in [0.15, 0.2) is 47.0 Å². The number of aromatic nitrogens is 1. The summed E-state index contributed by atoms with van der Waals surface area (Å²) in [5.74, 6) is 0.437. The number of rotatable bonds is 5. The van der Waals surface area contributed by atoms with Crippen molar-refractivity contribution in [2.24, 2.45) is 4.99 Å². The van der Waals surface area contributed by atoms with Crippen LogP contribution >= 0.6 is 11.3 Å². The Balaban J connectivity index is 1.74. The fourth-order valence-electron chi connectivity index (χ4n) is 1.61. The Morgan fingerprint density at radius 3 is 2.90 bits per heavy atom. The minimum Gasteiger partial charge on any atom is -0.352 e. The number of pyridine rings is 1. The number of nitrogens with zero attached hydrogens (tertiary/aromatic N) is 2. The quantitative estimate of drug-likeness (QED) is 0.577. The van der Waals surface area contributed by atoms with Crippen LogP contribution in [0.1, 0.15) is 4.88 Å². The molecule has 0 aliphatic carbocycles. The molecule has 1 amide bonds. The Kier molecular flexibility index (Phi) is 5.71. The van der Waals surface area contributed by atoms with Crippen LogP contribution < -0.4 is 16.0 Å². The summed E-state index contributed by atoms with van der Waals surface area (Å²) < 4.78 is 0. The second-order valence-electron chi connectivity index (χ2n) is 4.15. The summed E-state index contributed by atoms with van der Waals surface area (Å²) >= 11 is 1.67. The van der Waals surface area contributed by atoms with Gasteiger partial charge >= 0.3 is 0 Å². The summed E-state index contributed by atoms with van der Waals surface area (Å²) in [5, 5.41) is 10.9. The van der Waals surface area contributed by atoms with Crippen LogP contribution in [0.2, 0.25) is 0 Å². The van der Waals surface area contributed by atoms with Gasteiger partial charge in [0, 0.05) is 18.1 Å². The number of guanidine groups is 1. The van der Waals surface area contributed by atoms with Crippen LogP contribution in [0.3, 0.4) is 0 Å². The molecule has 0 spiro atoms. The molecule has 0 fully saturated rings. The molecular formula is C14H17N5OS. The maximum atomic E-state index is 11.8. The molecule has 7 heteroatoms. The highest BCUT2D eigenvalue weighted by molar-refractivity contribution is 7.09. The highest BCUT2D eigenvalue weighted by Crippen LogP contribution is 2.07. The monoisotopic (exact) mass is 303 g/mol. The van der Waals surface area contributed by atoms with Gasteiger partial charge in [0.1, 0.15) is 0 Å². The van der Waals surface area contributed by atoms with E-state index < -0.39 is 0 Å². The van der Waals surface area contributed by atoms with Crippen LogP contribution in [0.5, 0.6) is 0 Å². The van der Waals surface area contributed by atoms with Crippen molar-refractivity contribution in [1.82, 2.24) is 15.6 Å². The van der Waals surface area contributed by atoms with E-state index in [9.17, 15) is 4.79 Å². The van der Waals surface area contributed by atoms with Gasteiger partial charge in [-0.25, -0.2) is 0 Å². The molecule has 0 saturated carbocycles. The smallest absolute Gasteiger partial charge is 0.243 e. The van der Waals surface area contributed by atoms with Crippen molar-refractivity contribution < 1.29 is 4.79 Å². The summed E-state index contributed by atoms with van der Waals surface area (Å²) in [6, 6.07) is 7.60. The molecule has 3 N–H and O–H groups in total. The molecule has 2 aromatic rings. The van der Waals surface area contributed by atoms with Crippen molar-refractivity contribution in [2.75, 3.05) is 18.9 Å². The molecule has 2 heterocycles. The molecule has 0 aliphatic heterocycles. The van der Waals surface area contributed by atoms with Gasteiger partial charge in [-0.05, 0) is 23.6 Å². The molecule has 2 rings (SSSR count). The van der Waals surface area contributed by atoms with Crippen LogP contribution in [0.4, 0.5) is 5.69 Å². The minimum absolute atomic E-state index is 0.138. The lowest BCUT2D eigenvalue weighted by Gasteiger charge is -2.11. The van der Waals surface area contributed by atoms with Crippen LogP contribution in [-0.4, -0.2) is 30.4 Å². The lowest BCUT2D eigenvalue weighted by Crippen LogP contribution is -2.40. The lowest BCUT2D eigenvalue weighted by atomic mass is 10.4. The van der Waals surface area contributed by atoms with Gasteiger partial charge in [0.05, 0.1) is 25.0 Å². The number of carbonyl (C=O) groups excluding carboxylic acids is 1. The third-order valence-corrected chi connectivity index (χ3v) is 3.47. The van der Waals surface area contributed by atoms with E-state index in [1.165, 1.54) is 4.88 Å². The first-order chi connectivity index (χ1) is 10.3. The Bertz CT molecular complexity index is 583. The van der Waals surface area contributed by atoms with Crippen LogP contribution in [0.25, 0.3) is 0 Å². The predicted octanol–water partition coefficient (Wildman–Crippen LogP) is 1.45. The van der Waals surface area contributed by atoms with Gasteiger partial charge in [-0.1, -0.05) is 6.07 Å². The summed E-state index contributed by atoms with van der Waals surface area (Å²) in [7, 11) is 1.67. The first-order valence-corrected chi connectivity index (χ1v) is 7.32. The van der Waals surface area contributed by atoms with Gasteiger partial charge in [0.2, 0.25) is 5.91 Å². The van der Waals surface area contributed by atoms with E-state index in [0.717, 1.165) is 0 Å². The molecule has 2 aromatic heterocycles. The van der Waals surface area contributed by atoms with Gasteiger partial charge < -0.3 is 16.0 Å². The fraction of sp³-hybridized carbons (Fsp3) is 0.214. The normalized spacial score (nSPS) is 11.0. The van der Waals surface area contributed by atoms with Gasteiger partial charge in [-0.2, -0.15) is 0 Å². The van der Waals surface area contributed by atoms with Crippen LogP contribution in [0, 0.1) is 0 Å². The molecule has 0 saturated heterocycles. The van der Waals surface area contributed by atoms with E-state index in [4.69, 9.17) is 0 Å². The minimum atomic E-state index is -0.151. The second kappa shape index (κ2) is 8.01. The molecule has 21 heavy (non-hydrogen) atoms. The number of thiophene rings is 1. The topological polar surface area (TPSA) is 78.4 Å². The molecule has 0 bridgehead atoms. The predicted molar refractivity (Wildman–Crippen MR) is 85.4 cm³/mol. The zero-order valence-electron chi connectivity index (χ0n) is 11.7. The largest absolute Gasteiger partial charge is 0.352 e. The van der Waals surface area contributed by atoms with E-state index in [-0.39, 0.29) is 12.5 Å². The van der Waals surface area contributed by atoms with Gasteiger partial charge in [0.25, 0.3) is 0 Å². The van der Waals surface area contributed by atoms with Gasteiger partial charge in [-0.15, -0.1) is 11.3 Å². The Morgan fingerprint density at radius 1 is 1.33 bits per heavy atom. The third kappa shape index (κ3) is 5.23. The summed E-state index contributed by atoms with van der Waals surface area (Å²) in [4.78, 5) is 21.0. The molecule has 0 atom stereocenters. The molecule has 0 aliphatic rings. The fourth-order valence-corrected chi connectivity index (χ4v) is 2.26. The van der Waals surface area contributed by atoms with E-state index in [2.05, 4.69) is 25.9 Å². The Labute approximate surface area is 127 Å². The van der Waals surface area contributed by atoms with Crippen LogP contribution in [-0.2, 0) is 11.3 Å². The van der Waals surface area contributed by atoms with E-state index >= 15 is 0 Å². The SMILES string of the molecule is CN=C(NCC(=O)Nc1cccnc1)NCc1cccs1. The van der Waals surface area contributed by atoms with E-state index in [1.54, 1.807) is 42.9 Å². The Morgan fingerprint density at radius 2 is 2.24 bits per heavy atom. The summed E-state index contributed by atoms with van der Waals surface area (Å²) in [5.41, 5.74) is 0.672. The number of anilines is 1. The number of nitrogens with one attached hydrogen (secondary N) is 3. The van der Waals surface area contributed by atoms with Gasteiger partial charge in [-0.3, -0.25) is 14.8 Å². The first-order valence-electron chi connectivity index (χ1n) is 6.44. The molecule has 0 unspecified atom stereocenters. The van der Waals surface area contributed by atoms with Crippen molar-refractivity contribution in [3.63, 3.8) is 0 Å². The zero-order valence-corrected chi connectivity index (χ0v) is 12.5. The molecule has 0 radical (unpaired) electrons. The molecule has 110 valence electrons. The standard InChI is InChI=1S/C14H17N5OS/c1-15-14(17-9-12-5-3-7-21-12)18-10-13(20)19-11-4-2-6-16-8-11/h2-8H,9-10H2,1H3,(H,19,20)(H2,15,17,18). The van der Waals surface area contributed by atoms with E-state index in [0.29, 0.717) is 18.2 Å². The van der Waals surface area contributed by atoms with Crippen molar-refractivity contribution in [3.8, 4) is 0 Å². The van der Waals surface area contributed by atoms with Crippen molar-refractivity contribution >= 4 is 28.9 Å². The number of carbonyl (C=O) groups is 1. The highest BCUT2D eigenvalue weighted by Gasteiger charge is 2.04. The van der Waals surface area contributed by atoms with Gasteiger partial charge in [0.15, 0.2) is 5.96 Å². The number of amides is 1. The second-order valence-corrected chi connectivity index (χ2v) is 5.18. The van der Waals surface area contributed by atoms with Crippen molar-refractivity contribution in [2.45, 2.75) is 6.54 Å². The third-order valence-electron chi connectivity index (χ3n) is 2.60. The lowest BCUT2D eigenvalue weighted by molar-refractivity contribution is -0.115. The summed E-state index contributed by atoms with van der Waals surface area (Å²) in [6.45, 7) is 0.820. The maximum Gasteiger partial charge on any atom is 0.243 e. The average molecular weight is 303 g/mol. The average Bonchev–Trinajstić information content (AvgIpc) is 3.02. The number of hydrogen-bond acceptors (Lipinski definition) is 4. The number of aliphatic imine (C=N–C) groups is 1. The molecule has 0 aromatic carbocycles. The van der Waals surface area contributed by atoms with E-state index in [1.807, 2.05) is 17.5 Å².